The van der Waals surface area contributed by atoms with Crippen LogP contribution in [0.2, 0.25) is 0 Å². The van der Waals surface area contributed by atoms with Crippen molar-refractivity contribution >= 4 is 12.1 Å². The van der Waals surface area contributed by atoms with Crippen LogP contribution in [0.4, 0.5) is 4.79 Å². The quantitative estimate of drug-likeness (QED) is 0.285. The summed E-state index contributed by atoms with van der Waals surface area (Å²) in [5.74, 6) is -0.907. The average molecular weight is 518 g/mol. The van der Waals surface area contributed by atoms with E-state index in [2.05, 4.69) is 6.07 Å². The largest absolute Gasteiger partial charge is 0.481 e. The molecule has 3 aromatic carbocycles. The molecule has 1 amide bonds. The van der Waals surface area contributed by atoms with Crippen LogP contribution in [0.1, 0.15) is 44.7 Å². The lowest BCUT2D eigenvalue weighted by atomic mass is 9.78. The summed E-state index contributed by atoms with van der Waals surface area (Å²) >= 11 is 0. The van der Waals surface area contributed by atoms with Gasteiger partial charge in [0.2, 0.25) is 0 Å². The first-order chi connectivity index (χ1) is 18.1. The van der Waals surface area contributed by atoms with Gasteiger partial charge >= 0.3 is 12.1 Å². The van der Waals surface area contributed by atoms with Crippen LogP contribution in [0.3, 0.4) is 0 Å². The molecule has 38 heavy (non-hydrogen) atoms. The van der Waals surface area contributed by atoms with Crippen molar-refractivity contribution in [1.29, 1.82) is 0 Å². The SMILES string of the molecule is CN(CCCC(COCc1ccccc1)(Cc1cccc(-c2ccccc2)c1)C(=O)O)C(=O)OC(C)(C)C. The number of hydrogen-bond donors (Lipinski definition) is 1. The van der Waals surface area contributed by atoms with Gasteiger partial charge in [-0.05, 0) is 62.3 Å². The Hall–Kier alpha value is -3.64. The van der Waals surface area contributed by atoms with Crippen LogP contribution in [0.25, 0.3) is 11.1 Å². The fourth-order valence-electron chi connectivity index (χ4n) is 4.36. The van der Waals surface area contributed by atoms with Gasteiger partial charge in [0.25, 0.3) is 0 Å². The van der Waals surface area contributed by atoms with Crippen LogP contribution in [0, 0.1) is 5.41 Å². The monoisotopic (exact) mass is 517 g/mol. The van der Waals surface area contributed by atoms with E-state index in [1.54, 1.807) is 7.05 Å². The summed E-state index contributed by atoms with van der Waals surface area (Å²) in [7, 11) is 1.67. The van der Waals surface area contributed by atoms with Gasteiger partial charge < -0.3 is 19.5 Å². The van der Waals surface area contributed by atoms with Crippen molar-refractivity contribution < 1.29 is 24.2 Å². The lowest BCUT2D eigenvalue weighted by Crippen LogP contribution is -2.40. The van der Waals surface area contributed by atoms with Crippen molar-refractivity contribution in [2.24, 2.45) is 5.41 Å². The molecule has 0 bridgehead atoms. The van der Waals surface area contributed by atoms with E-state index in [0.29, 0.717) is 32.4 Å². The third kappa shape index (κ3) is 8.73. The smallest absolute Gasteiger partial charge is 0.410 e. The van der Waals surface area contributed by atoms with E-state index in [9.17, 15) is 14.7 Å². The Bertz CT molecular complexity index is 1170. The lowest BCUT2D eigenvalue weighted by molar-refractivity contribution is -0.154. The second kappa shape index (κ2) is 13.2. The number of carbonyl (C=O) groups excluding carboxylic acids is 1. The van der Waals surface area contributed by atoms with Gasteiger partial charge in [-0.1, -0.05) is 84.9 Å². The second-order valence-electron chi connectivity index (χ2n) is 10.8. The van der Waals surface area contributed by atoms with E-state index in [4.69, 9.17) is 9.47 Å². The first-order valence-electron chi connectivity index (χ1n) is 13.0. The van der Waals surface area contributed by atoms with Crippen molar-refractivity contribution in [3.8, 4) is 11.1 Å². The number of rotatable bonds is 12. The normalized spacial score (nSPS) is 12.9. The predicted octanol–water partition coefficient (Wildman–Crippen LogP) is 6.83. The van der Waals surface area contributed by atoms with E-state index in [0.717, 1.165) is 22.3 Å². The Morgan fingerprint density at radius 1 is 0.842 bits per heavy atom. The third-order valence-electron chi connectivity index (χ3n) is 6.37. The van der Waals surface area contributed by atoms with Crippen LogP contribution >= 0.6 is 0 Å². The highest BCUT2D eigenvalue weighted by molar-refractivity contribution is 5.75. The van der Waals surface area contributed by atoms with Gasteiger partial charge in [-0.3, -0.25) is 4.79 Å². The molecular weight excluding hydrogens is 478 g/mol. The van der Waals surface area contributed by atoms with Crippen LogP contribution < -0.4 is 0 Å². The summed E-state index contributed by atoms with van der Waals surface area (Å²) in [6.45, 7) is 6.23. The molecule has 3 aromatic rings. The molecule has 1 atom stereocenters. The maximum Gasteiger partial charge on any atom is 0.410 e. The molecule has 6 nitrogen and oxygen atoms in total. The van der Waals surface area contributed by atoms with Crippen molar-refractivity contribution in [3.63, 3.8) is 0 Å². The van der Waals surface area contributed by atoms with Gasteiger partial charge in [0.1, 0.15) is 5.60 Å². The van der Waals surface area contributed by atoms with Crippen molar-refractivity contribution in [2.45, 2.75) is 52.2 Å². The number of ether oxygens (including phenoxy) is 2. The van der Waals surface area contributed by atoms with Crippen LogP contribution in [0.15, 0.2) is 84.9 Å². The van der Waals surface area contributed by atoms with Crippen LogP contribution in [-0.2, 0) is 27.3 Å². The summed E-state index contributed by atoms with van der Waals surface area (Å²) in [5.41, 5.74) is 2.29. The van der Waals surface area contributed by atoms with E-state index < -0.39 is 23.1 Å². The Labute approximate surface area is 226 Å². The Morgan fingerprint density at radius 2 is 1.45 bits per heavy atom. The fraction of sp³-hybridized carbons (Fsp3) is 0.375. The molecule has 1 unspecified atom stereocenters. The number of nitrogens with zero attached hydrogens (tertiary/aromatic N) is 1. The maximum absolute atomic E-state index is 12.8. The molecule has 0 aliphatic heterocycles. The summed E-state index contributed by atoms with van der Waals surface area (Å²) in [6.07, 6.45) is 0.734. The molecule has 202 valence electrons. The Balaban J connectivity index is 1.78. The van der Waals surface area contributed by atoms with E-state index in [-0.39, 0.29) is 6.61 Å². The summed E-state index contributed by atoms with van der Waals surface area (Å²) < 4.78 is 11.5. The molecule has 0 fully saturated rings. The van der Waals surface area contributed by atoms with E-state index in [1.807, 2.05) is 99.6 Å². The molecular formula is C32H39NO5. The van der Waals surface area contributed by atoms with Gasteiger partial charge in [-0.25, -0.2) is 4.79 Å². The number of carbonyl (C=O) groups is 2. The molecule has 0 aliphatic rings. The van der Waals surface area contributed by atoms with Crippen LogP contribution in [-0.4, -0.2) is 47.9 Å². The predicted molar refractivity (Wildman–Crippen MR) is 150 cm³/mol. The van der Waals surface area contributed by atoms with Gasteiger partial charge in [-0.15, -0.1) is 0 Å². The number of hydrogen-bond acceptors (Lipinski definition) is 4. The third-order valence-corrected chi connectivity index (χ3v) is 6.37. The summed E-state index contributed by atoms with van der Waals surface area (Å²) in [4.78, 5) is 26.7. The number of aliphatic carboxylic acids is 1. The van der Waals surface area contributed by atoms with E-state index in [1.165, 1.54) is 4.90 Å². The number of amides is 1. The molecule has 6 heteroatoms. The highest BCUT2D eigenvalue weighted by Gasteiger charge is 2.39. The minimum atomic E-state index is -1.15. The van der Waals surface area contributed by atoms with Gasteiger partial charge in [0.05, 0.1) is 18.6 Å². The first kappa shape index (κ1) is 28.9. The molecule has 0 saturated carbocycles. The standard InChI is InChI=1S/C32H39NO5/c1-31(2,3)38-30(36)33(4)20-12-19-32(29(34)35,24-37-23-25-13-7-5-8-14-25)22-26-15-11-18-28(21-26)27-16-9-6-10-17-27/h5-11,13-18,21H,12,19-20,22-24H2,1-4H3,(H,34,35). The zero-order valence-corrected chi connectivity index (χ0v) is 22.9. The molecule has 0 aromatic heterocycles. The summed E-state index contributed by atoms with van der Waals surface area (Å²) in [6, 6.07) is 27.8. The highest BCUT2D eigenvalue weighted by atomic mass is 16.6. The number of carboxylic acids is 1. The fourth-order valence-corrected chi connectivity index (χ4v) is 4.36. The highest BCUT2D eigenvalue weighted by Crippen LogP contribution is 2.32. The molecule has 0 aliphatic carbocycles. The van der Waals surface area contributed by atoms with Gasteiger partial charge in [-0.2, -0.15) is 0 Å². The van der Waals surface area contributed by atoms with Gasteiger partial charge in [0, 0.05) is 13.6 Å². The average Bonchev–Trinajstić information content (AvgIpc) is 2.88. The topological polar surface area (TPSA) is 76.1 Å². The minimum absolute atomic E-state index is 0.0585. The van der Waals surface area contributed by atoms with Crippen molar-refractivity contribution in [1.82, 2.24) is 4.90 Å². The summed E-state index contributed by atoms with van der Waals surface area (Å²) in [5, 5.41) is 10.5. The molecule has 3 rings (SSSR count). The molecule has 0 saturated heterocycles. The van der Waals surface area contributed by atoms with Crippen LogP contribution in [0.5, 0.6) is 0 Å². The van der Waals surface area contributed by atoms with E-state index >= 15 is 0 Å². The molecule has 0 heterocycles. The maximum atomic E-state index is 12.8. The minimum Gasteiger partial charge on any atom is -0.481 e. The van der Waals surface area contributed by atoms with Crippen molar-refractivity contribution in [2.75, 3.05) is 20.2 Å². The molecule has 1 N–H and O–H groups in total. The number of benzene rings is 3. The lowest BCUT2D eigenvalue weighted by Gasteiger charge is -2.31. The molecule has 0 spiro atoms. The first-order valence-corrected chi connectivity index (χ1v) is 13.0. The van der Waals surface area contributed by atoms with Gasteiger partial charge in [0.15, 0.2) is 0 Å². The molecule has 0 radical (unpaired) electrons. The zero-order chi connectivity index (χ0) is 27.6. The zero-order valence-electron chi connectivity index (χ0n) is 22.9. The number of carboxylic acid groups (broad SMARTS) is 1. The second-order valence-corrected chi connectivity index (χ2v) is 10.8. The van der Waals surface area contributed by atoms with Crippen molar-refractivity contribution in [3.05, 3.63) is 96.1 Å². The Morgan fingerprint density at radius 3 is 2.08 bits per heavy atom. The Kier molecular flexibility index (Phi) is 10.1.